The molecule has 2 aliphatic rings. The second kappa shape index (κ2) is 38.6. The summed E-state index contributed by atoms with van der Waals surface area (Å²) in [6, 6.07) is 0. The Bertz CT molecular complexity index is 1290. The van der Waals surface area contributed by atoms with E-state index in [0.29, 0.717) is 12.8 Å². The molecule has 384 valence electrons. The minimum atomic E-state index is -1.77. The van der Waals surface area contributed by atoms with Crippen molar-refractivity contribution in [2.24, 2.45) is 0 Å². The predicted molar refractivity (Wildman–Crippen MR) is 252 cm³/mol. The van der Waals surface area contributed by atoms with E-state index in [9.17, 15) is 45.3 Å². The lowest BCUT2D eigenvalue weighted by molar-refractivity contribution is -0.332. The van der Waals surface area contributed by atoms with Gasteiger partial charge in [-0.05, 0) is 70.6 Å². The quantitative estimate of drug-likeness (QED) is 0.0188. The first-order valence-corrected chi connectivity index (χ1v) is 25.6. The zero-order valence-electron chi connectivity index (χ0n) is 40.4. The lowest BCUT2D eigenvalue weighted by Crippen LogP contribution is -2.61. The monoisotopic (exact) mass is 943 g/mol. The summed E-state index contributed by atoms with van der Waals surface area (Å²) in [7, 11) is 0. The Morgan fingerprint density at radius 1 is 0.485 bits per heavy atom. The summed E-state index contributed by atoms with van der Waals surface area (Å²) in [5.74, 6) is -0.950. The first-order chi connectivity index (χ1) is 32.0. The largest absolute Gasteiger partial charge is 0.462 e. The number of esters is 2. The Morgan fingerprint density at radius 3 is 1.45 bits per heavy atom. The lowest BCUT2D eigenvalue weighted by Gasteiger charge is -2.42. The third kappa shape index (κ3) is 26.5. The molecule has 7 N–H and O–H groups in total. The molecule has 15 nitrogen and oxygen atoms in total. The van der Waals surface area contributed by atoms with Gasteiger partial charge >= 0.3 is 11.9 Å². The number of carbonyl (C=O) groups is 2. The van der Waals surface area contributed by atoms with Gasteiger partial charge in [-0.25, -0.2) is 0 Å². The standard InChI is InChI=1S/C51H90O15/c1-3-5-7-9-11-13-15-17-19-21-23-25-27-29-31-33-42(53)61-36-39(64-43(54)34-32-30-28-26-24-22-20-18-16-14-12-10-8-6-4-2)37-62-50-49(60)47(58)45(56)41(66-50)38-63-51-48(59)46(57)44(55)40(35-52)65-51/h12,14,17-20,39-41,44-52,55-60H,3-11,13,15-16,21-38H2,1-2H3/b14-12-,19-17-,20-18-. The molecule has 15 heteroatoms. The maximum atomic E-state index is 13.0. The van der Waals surface area contributed by atoms with E-state index in [1.807, 2.05) is 0 Å². The fraction of sp³-hybridized carbons (Fsp3) is 0.843. The Balaban J connectivity index is 1.83. The fourth-order valence-electron chi connectivity index (χ4n) is 7.83. The zero-order chi connectivity index (χ0) is 48.2. The average Bonchev–Trinajstić information content (AvgIpc) is 3.31. The van der Waals surface area contributed by atoms with Crippen molar-refractivity contribution < 1.29 is 73.8 Å². The minimum absolute atomic E-state index is 0.148. The Kier molecular flexibility index (Phi) is 35.0. The number of allylic oxidation sites excluding steroid dienone is 6. The summed E-state index contributed by atoms with van der Waals surface area (Å²) in [6.45, 7) is 2.53. The van der Waals surface area contributed by atoms with Crippen LogP contribution in [0.5, 0.6) is 0 Å². The van der Waals surface area contributed by atoms with E-state index in [-0.39, 0.29) is 26.1 Å². The molecule has 11 unspecified atom stereocenters. The van der Waals surface area contributed by atoms with Crippen LogP contribution in [-0.4, -0.2) is 142 Å². The predicted octanol–water partition coefficient (Wildman–Crippen LogP) is 6.93. The number of aliphatic hydroxyl groups is 7. The van der Waals surface area contributed by atoms with E-state index < -0.39 is 92.7 Å². The summed E-state index contributed by atoms with van der Waals surface area (Å²) in [5.41, 5.74) is 0. The molecule has 0 amide bonds. The normalized spacial score (nSPS) is 26.4. The minimum Gasteiger partial charge on any atom is -0.462 e. The first-order valence-electron chi connectivity index (χ1n) is 25.6. The lowest BCUT2D eigenvalue weighted by atomic mass is 9.98. The molecule has 2 heterocycles. The number of ether oxygens (including phenoxy) is 6. The van der Waals surface area contributed by atoms with Gasteiger partial charge in [0.1, 0.15) is 55.4 Å². The SMILES string of the molecule is CCCCC/C=C\C/C=C\CCCCCCCC(=O)OC(COC(=O)CCCCCCC/C=C\CCCCCCCC)COC1OC(COC2OC(CO)C(O)C(O)C2O)C(O)C(O)C1O. The van der Waals surface area contributed by atoms with E-state index in [2.05, 4.69) is 50.3 Å². The molecule has 0 radical (unpaired) electrons. The Labute approximate surface area is 395 Å². The molecule has 11 atom stereocenters. The van der Waals surface area contributed by atoms with Crippen LogP contribution in [0.3, 0.4) is 0 Å². The molecule has 0 bridgehead atoms. The molecule has 0 spiro atoms. The number of hydrogen-bond acceptors (Lipinski definition) is 15. The molecule has 2 rings (SSSR count). The van der Waals surface area contributed by atoms with Crippen molar-refractivity contribution in [1.82, 2.24) is 0 Å². The average molecular weight is 943 g/mol. The van der Waals surface area contributed by atoms with E-state index in [4.69, 9.17) is 28.4 Å². The molecule has 2 fully saturated rings. The van der Waals surface area contributed by atoms with Crippen LogP contribution in [-0.2, 0) is 38.0 Å². The van der Waals surface area contributed by atoms with Gasteiger partial charge in [0.2, 0.25) is 0 Å². The number of aliphatic hydroxyl groups excluding tert-OH is 7. The molecule has 0 aromatic heterocycles. The van der Waals surface area contributed by atoms with Crippen LogP contribution in [0.2, 0.25) is 0 Å². The maximum Gasteiger partial charge on any atom is 0.306 e. The van der Waals surface area contributed by atoms with Gasteiger partial charge in [0, 0.05) is 12.8 Å². The van der Waals surface area contributed by atoms with Crippen LogP contribution < -0.4 is 0 Å². The molecule has 0 aromatic carbocycles. The van der Waals surface area contributed by atoms with E-state index in [0.717, 1.165) is 83.5 Å². The molecule has 0 aromatic rings. The van der Waals surface area contributed by atoms with Crippen molar-refractivity contribution in [2.45, 2.75) is 248 Å². The topological polar surface area (TPSA) is 231 Å². The summed E-state index contributed by atoms with van der Waals surface area (Å²) in [4.78, 5) is 25.7. The van der Waals surface area contributed by atoms with Crippen LogP contribution in [0, 0.1) is 0 Å². The summed E-state index contributed by atoms with van der Waals surface area (Å²) in [6.07, 6.45) is 23.1. The Hall–Kier alpha value is -2.28. The summed E-state index contributed by atoms with van der Waals surface area (Å²) < 4.78 is 33.5. The fourth-order valence-corrected chi connectivity index (χ4v) is 7.83. The van der Waals surface area contributed by atoms with Gasteiger partial charge in [0.15, 0.2) is 18.7 Å². The third-order valence-corrected chi connectivity index (χ3v) is 12.1. The van der Waals surface area contributed by atoms with E-state index in [1.54, 1.807) is 0 Å². The van der Waals surface area contributed by atoms with Crippen LogP contribution in [0.4, 0.5) is 0 Å². The summed E-state index contributed by atoms with van der Waals surface area (Å²) in [5, 5.41) is 72.0. The van der Waals surface area contributed by atoms with Crippen molar-refractivity contribution in [3.05, 3.63) is 36.5 Å². The smallest absolute Gasteiger partial charge is 0.306 e. The van der Waals surface area contributed by atoms with Crippen molar-refractivity contribution in [3.8, 4) is 0 Å². The van der Waals surface area contributed by atoms with E-state index in [1.165, 1.54) is 57.8 Å². The molecule has 0 saturated carbocycles. The first kappa shape index (κ1) is 59.8. The van der Waals surface area contributed by atoms with Crippen LogP contribution in [0.1, 0.15) is 181 Å². The molecular weight excluding hydrogens is 853 g/mol. The molecular formula is C51H90O15. The highest BCUT2D eigenvalue weighted by molar-refractivity contribution is 5.70. The van der Waals surface area contributed by atoms with Gasteiger partial charge < -0.3 is 64.2 Å². The van der Waals surface area contributed by atoms with Gasteiger partial charge in [0.05, 0.1) is 19.8 Å². The zero-order valence-corrected chi connectivity index (χ0v) is 40.4. The highest BCUT2D eigenvalue weighted by atomic mass is 16.7. The maximum absolute atomic E-state index is 13.0. The molecule has 2 saturated heterocycles. The Morgan fingerprint density at radius 2 is 0.909 bits per heavy atom. The number of hydrogen-bond donors (Lipinski definition) is 7. The highest BCUT2D eigenvalue weighted by Gasteiger charge is 2.47. The number of rotatable bonds is 39. The molecule has 2 aliphatic heterocycles. The van der Waals surface area contributed by atoms with Gasteiger partial charge in [-0.15, -0.1) is 0 Å². The second-order valence-corrected chi connectivity index (χ2v) is 18.0. The van der Waals surface area contributed by atoms with Crippen molar-refractivity contribution in [3.63, 3.8) is 0 Å². The van der Waals surface area contributed by atoms with Gasteiger partial charge in [-0.1, -0.05) is 134 Å². The van der Waals surface area contributed by atoms with E-state index >= 15 is 0 Å². The van der Waals surface area contributed by atoms with Crippen LogP contribution >= 0.6 is 0 Å². The van der Waals surface area contributed by atoms with Gasteiger partial charge in [-0.2, -0.15) is 0 Å². The van der Waals surface area contributed by atoms with Crippen molar-refractivity contribution in [1.29, 1.82) is 0 Å². The molecule has 66 heavy (non-hydrogen) atoms. The second-order valence-electron chi connectivity index (χ2n) is 18.0. The highest BCUT2D eigenvalue weighted by Crippen LogP contribution is 2.26. The van der Waals surface area contributed by atoms with Gasteiger partial charge in [0.25, 0.3) is 0 Å². The molecule has 0 aliphatic carbocycles. The number of unbranched alkanes of at least 4 members (excludes halogenated alkanes) is 19. The van der Waals surface area contributed by atoms with Crippen LogP contribution in [0.25, 0.3) is 0 Å². The van der Waals surface area contributed by atoms with Gasteiger partial charge in [-0.3, -0.25) is 9.59 Å². The van der Waals surface area contributed by atoms with Crippen LogP contribution in [0.15, 0.2) is 36.5 Å². The van der Waals surface area contributed by atoms with Crippen molar-refractivity contribution in [2.75, 3.05) is 26.4 Å². The third-order valence-electron chi connectivity index (χ3n) is 12.1. The summed E-state index contributed by atoms with van der Waals surface area (Å²) >= 11 is 0. The van der Waals surface area contributed by atoms with Crippen molar-refractivity contribution >= 4 is 11.9 Å². The number of carbonyl (C=O) groups excluding carboxylic acids is 2.